The van der Waals surface area contributed by atoms with E-state index in [1.54, 1.807) is 16.8 Å². The highest BCUT2D eigenvalue weighted by Gasteiger charge is 2.21. The van der Waals surface area contributed by atoms with Crippen LogP contribution in [0.4, 0.5) is 0 Å². The lowest BCUT2D eigenvalue weighted by molar-refractivity contribution is 0.0462. The fraction of sp³-hybridized carbons (Fsp3) is 0.0667. The third-order valence-corrected chi connectivity index (χ3v) is 6.35. The van der Waals surface area contributed by atoms with Crippen molar-refractivity contribution in [2.75, 3.05) is 6.61 Å². The van der Waals surface area contributed by atoms with Gasteiger partial charge in [0.15, 0.2) is 18.2 Å². The Morgan fingerprint density at radius 2 is 1.41 bits per heavy atom. The number of hydrogen-bond donors (Lipinski definition) is 0. The Morgan fingerprint density at radius 1 is 0.784 bits per heavy atom. The van der Waals surface area contributed by atoms with Crippen molar-refractivity contribution in [2.45, 2.75) is 6.92 Å². The molecule has 182 valence electrons. The second-order valence-electron chi connectivity index (χ2n) is 8.46. The number of hydrogen-bond acceptors (Lipinski definition) is 5. The van der Waals surface area contributed by atoms with E-state index in [0.29, 0.717) is 11.4 Å². The van der Waals surface area contributed by atoms with Gasteiger partial charge >= 0.3 is 5.97 Å². The van der Waals surface area contributed by atoms with Crippen molar-refractivity contribution in [2.24, 2.45) is 0 Å². The molecule has 0 saturated heterocycles. The number of aryl methyl sites for hydroxylation is 1. The molecule has 0 atom stereocenters. The first-order chi connectivity index (χ1) is 18.0. The third kappa shape index (κ3) is 5.57. The van der Waals surface area contributed by atoms with Gasteiger partial charge in [-0.3, -0.25) is 4.79 Å². The smallest absolute Gasteiger partial charge is 0.378 e. The molecule has 0 aliphatic heterocycles. The monoisotopic (exact) mass is 551 g/mol. The topological polar surface area (TPSA) is 74.1 Å². The molecule has 6 nitrogen and oxygen atoms in total. The van der Waals surface area contributed by atoms with Crippen LogP contribution in [0.1, 0.15) is 26.5 Å². The van der Waals surface area contributed by atoms with Crippen molar-refractivity contribution in [3.05, 3.63) is 125 Å². The van der Waals surface area contributed by atoms with Crippen molar-refractivity contribution in [1.82, 2.24) is 14.8 Å². The molecule has 1 heterocycles. The summed E-state index contributed by atoms with van der Waals surface area (Å²) in [6.07, 6.45) is 0. The summed E-state index contributed by atoms with van der Waals surface area (Å²) in [6, 6.07) is 32.4. The normalized spacial score (nSPS) is 10.8. The number of ketones is 1. The Labute approximate surface area is 222 Å². The summed E-state index contributed by atoms with van der Waals surface area (Å²) in [4.78, 5) is 30.0. The largest absolute Gasteiger partial charge is 0.451 e. The number of ether oxygens (including phenoxy) is 1. The van der Waals surface area contributed by atoms with Crippen LogP contribution in [-0.4, -0.2) is 33.1 Å². The van der Waals surface area contributed by atoms with Crippen molar-refractivity contribution in [3.8, 4) is 28.2 Å². The minimum atomic E-state index is -0.765. The Kier molecular flexibility index (Phi) is 7.05. The highest BCUT2D eigenvalue weighted by molar-refractivity contribution is 9.10. The molecule has 0 saturated carbocycles. The van der Waals surface area contributed by atoms with Crippen molar-refractivity contribution >= 4 is 27.7 Å². The van der Waals surface area contributed by atoms with Crippen LogP contribution < -0.4 is 0 Å². The first-order valence-corrected chi connectivity index (χ1v) is 12.4. The predicted octanol–water partition coefficient (Wildman–Crippen LogP) is 6.71. The number of carbonyl (C=O) groups is 2. The Morgan fingerprint density at radius 3 is 2.08 bits per heavy atom. The highest BCUT2D eigenvalue weighted by Crippen LogP contribution is 2.24. The van der Waals surface area contributed by atoms with Gasteiger partial charge in [-0.05, 0) is 42.3 Å². The van der Waals surface area contributed by atoms with E-state index in [2.05, 4.69) is 26.0 Å². The molecule has 37 heavy (non-hydrogen) atoms. The third-order valence-electron chi connectivity index (χ3n) is 5.82. The van der Waals surface area contributed by atoms with Gasteiger partial charge in [0.05, 0.1) is 5.69 Å². The molecule has 4 aromatic carbocycles. The van der Waals surface area contributed by atoms with E-state index in [9.17, 15) is 9.59 Å². The molecule has 7 heteroatoms. The van der Waals surface area contributed by atoms with Crippen LogP contribution in [0.2, 0.25) is 0 Å². The summed E-state index contributed by atoms with van der Waals surface area (Å²) >= 11 is 3.44. The van der Waals surface area contributed by atoms with Crippen LogP contribution in [0, 0.1) is 6.92 Å². The van der Waals surface area contributed by atoms with E-state index in [4.69, 9.17) is 4.74 Å². The molecule has 0 radical (unpaired) electrons. The molecule has 0 fully saturated rings. The first-order valence-electron chi connectivity index (χ1n) is 11.6. The van der Waals surface area contributed by atoms with Crippen LogP contribution >= 0.6 is 15.9 Å². The predicted molar refractivity (Wildman–Crippen MR) is 146 cm³/mol. The molecular weight excluding hydrogens is 530 g/mol. The zero-order valence-corrected chi connectivity index (χ0v) is 21.6. The van der Waals surface area contributed by atoms with E-state index in [1.165, 1.54) is 0 Å². The van der Waals surface area contributed by atoms with E-state index >= 15 is 0 Å². The van der Waals surface area contributed by atoms with Gasteiger partial charge in [-0.1, -0.05) is 100 Å². The fourth-order valence-electron chi connectivity index (χ4n) is 3.81. The van der Waals surface area contributed by atoms with Crippen LogP contribution in [-0.2, 0) is 4.74 Å². The molecule has 0 aliphatic carbocycles. The van der Waals surface area contributed by atoms with Gasteiger partial charge in [0.25, 0.3) is 5.82 Å². The SMILES string of the molecule is Cc1ccc(-n2nc(C(=O)OCC(=O)c3ccc(-c4ccccc4)cc3)nc2-c2ccc(Br)cc2)cc1. The van der Waals surface area contributed by atoms with Crippen molar-refractivity contribution in [3.63, 3.8) is 0 Å². The molecule has 0 spiro atoms. The molecule has 5 aromatic rings. The molecule has 0 N–H and O–H groups in total. The minimum absolute atomic E-state index is 0.120. The van der Waals surface area contributed by atoms with Gasteiger partial charge in [0.2, 0.25) is 0 Å². The second-order valence-corrected chi connectivity index (χ2v) is 9.37. The Bertz CT molecular complexity index is 1480. The summed E-state index contributed by atoms with van der Waals surface area (Å²) in [6.45, 7) is 1.59. The van der Waals surface area contributed by atoms with E-state index < -0.39 is 12.6 Å². The molecule has 0 bridgehead atoms. The lowest BCUT2D eigenvalue weighted by Crippen LogP contribution is -2.15. The van der Waals surface area contributed by atoms with E-state index in [-0.39, 0.29) is 11.6 Å². The second kappa shape index (κ2) is 10.7. The molecule has 0 aliphatic rings. The summed E-state index contributed by atoms with van der Waals surface area (Å²) in [7, 11) is 0. The quantitative estimate of drug-likeness (QED) is 0.166. The summed E-state index contributed by atoms with van der Waals surface area (Å²) in [5.74, 6) is -0.700. The maximum Gasteiger partial charge on any atom is 0.378 e. The molecule has 5 rings (SSSR count). The summed E-state index contributed by atoms with van der Waals surface area (Å²) in [5, 5.41) is 4.41. The maximum absolute atomic E-state index is 12.8. The van der Waals surface area contributed by atoms with Crippen molar-refractivity contribution < 1.29 is 14.3 Å². The van der Waals surface area contributed by atoms with Gasteiger partial charge < -0.3 is 4.74 Å². The number of Topliss-reactive ketones (excluding diaryl/α,β-unsaturated/α-hetero) is 1. The number of halogens is 1. The van der Waals surface area contributed by atoms with E-state index in [0.717, 1.165) is 32.4 Å². The van der Waals surface area contributed by atoms with Crippen LogP contribution in [0.3, 0.4) is 0 Å². The Balaban J connectivity index is 1.34. The number of nitrogens with zero attached hydrogens (tertiary/aromatic N) is 3. The average molecular weight is 552 g/mol. The number of esters is 1. The number of rotatable bonds is 7. The van der Waals surface area contributed by atoms with Gasteiger partial charge in [-0.25, -0.2) is 14.5 Å². The van der Waals surface area contributed by atoms with Crippen LogP contribution in [0.5, 0.6) is 0 Å². The highest BCUT2D eigenvalue weighted by atomic mass is 79.9. The minimum Gasteiger partial charge on any atom is -0.451 e. The zero-order valence-electron chi connectivity index (χ0n) is 20.0. The summed E-state index contributed by atoms with van der Waals surface area (Å²) < 4.78 is 7.83. The first kappa shape index (κ1) is 24.3. The Hall–Kier alpha value is -4.36. The summed E-state index contributed by atoms with van der Waals surface area (Å²) in [5.41, 5.74) is 5.16. The van der Waals surface area contributed by atoms with Gasteiger partial charge in [-0.15, -0.1) is 5.10 Å². The van der Waals surface area contributed by atoms with Gasteiger partial charge in [0.1, 0.15) is 0 Å². The number of carbonyl (C=O) groups excluding carboxylic acids is 2. The standard InChI is InChI=1S/C30H22BrN3O3/c1-20-7-17-26(18-8-20)34-29(24-13-15-25(31)16-14-24)32-28(33-34)30(36)37-19-27(35)23-11-9-22(10-12-23)21-5-3-2-4-6-21/h2-18H,19H2,1H3. The molecule has 0 unspecified atom stereocenters. The van der Waals surface area contributed by atoms with Crippen LogP contribution in [0.25, 0.3) is 28.2 Å². The maximum atomic E-state index is 12.8. The van der Waals surface area contributed by atoms with Crippen molar-refractivity contribution in [1.29, 1.82) is 0 Å². The average Bonchev–Trinajstić information content (AvgIpc) is 3.38. The number of benzene rings is 4. The van der Waals surface area contributed by atoms with Crippen LogP contribution in [0.15, 0.2) is 108 Å². The number of aromatic nitrogens is 3. The lowest BCUT2D eigenvalue weighted by Gasteiger charge is -2.06. The van der Waals surface area contributed by atoms with Gasteiger partial charge in [0, 0.05) is 15.6 Å². The fourth-order valence-corrected chi connectivity index (χ4v) is 4.07. The molecule has 0 amide bonds. The zero-order chi connectivity index (χ0) is 25.8. The van der Waals surface area contributed by atoms with E-state index in [1.807, 2.05) is 97.9 Å². The molecular formula is C30H22BrN3O3. The lowest BCUT2D eigenvalue weighted by atomic mass is 10.0. The van der Waals surface area contributed by atoms with Gasteiger partial charge in [-0.2, -0.15) is 0 Å². The molecule has 1 aromatic heterocycles.